The van der Waals surface area contributed by atoms with Gasteiger partial charge in [-0.3, -0.25) is 0 Å². The van der Waals surface area contributed by atoms with E-state index in [1.54, 1.807) is 0 Å². The Bertz CT molecular complexity index is 138. The highest BCUT2D eigenvalue weighted by molar-refractivity contribution is 4.80. The Hall–Kier alpha value is -0.0400. The number of hydrogen-bond donors (Lipinski definition) is 1. The van der Waals surface area contributed by atoms with E-state index in [0.29, 0.717) is 0 Å². The molecule has 0 spiro atoms. The lowest BCUT2D eigenvalue weighted by molar-refractivity contribution is 0.403. The molecule has 1 rings (SSSR count). The Balaban J connectivity index is 1.77. The van der Waals surface area contributed by atoms with Crippen molar-refractivity contribution in [1.29, 1.82) is 0 Å². The van der Waals surface area contributed by atoms with E-state index in [0.717, 1.165) is 5.92 Å². The molecule has 0 aromatic heterocycles. The summed E-state index contributed by atoms with van der Waals surface area (Å²) < 4.78 is 0. The van der Waals surface area contributed by atoms with Crippen LogP contribution in [0.3, 0.4) is 0 Å². The van der Waals surface area contributed by atoms with E-state index >= 15 is 0 Å². The molecule has 0 bridgehead atoms. The molecule has 1 heterocycles. The maximum Gasteiger partial charge on any atom is -0.00462 e. The van der Waals surface area contributed by atoms with Crippen LogP contribution in [-0.2, 0) is 0 Å². The lowest BCUT2D eigenvalue weighted by Gasteiger charge is -2.22. The third-order valence-electron chi connectivity index (χ3n) is 3.69. The SMILES string of the molecule is CCCCCCCCC[CH]C1CCNCC1. The summed E-state index contributed by atoms with van der Waals surface area (Å²) in [6.45, 7) is 4.75. The van der Waals surface area contributed by atoms with Crippen LogP contribution in [0.5, 0.6) is 0 Å². The Kier molecular flexibility index (Phi) is 8.88. The highest BCUT2D eigenvalue weighted by atomic mass is 14.9. The summed E-state index contributed by atoms with van der Waals surface area (Å²) in [5.41, 5.74) is 0. The molecular formula is C15H30N. The van der Waals surface area contributed by atoms with Gasteiger partial charge in [0, 0.05) is 0 Å². The Morgan fingerprint density at radius 3 is 2.25 bits per heavy atom. The van der Waals surface area contributed by atoms with Crippen molar-refractivity contribution in [2.24, 2.45) is 5.92 Å². The molecule has 0 unspecified atom stereocenters. The zero-order chi connectivity index (χ0) is 11.5. The normalized spacial score (nSPS) is 17.8. The van der Waals surface area contributed by atoms with Gasteiger partial charge in [-0.25, -0.2) is 0 Å². The Labute approximate surface area is 102 Å². The number of piperidine rings is 1. The summed E-state index contributed by atoms with van der Waals surface area (Å²) in [6.07, 6.45) is 16.7. The van der Waals surface area contributed by atoms with E-state index in [4.69, 9.17) is 0 Å². The molecule has 1 fully saturated rings. The first-order valence-corrected chi connectivity index (χ1v) is 7.47. The van der Waals surface area contributed by atoms with Gasteiger partial charge in [0.25, 0.3) is 0 Å². The fourth-order valence-electron chi connectivity index (χ4n) is 2.53. The minimum atomic E-state index is 0.918. The van der Waals surface area contributed by atoms with Crippen LogP contribution in [-0.4, -0.2) is 13.1 Å². The third kappa shape index (κ3) is 7.27. The average molecular weight is 224 g/mol. The number of unbranched alkanes of at least 4 members (excludes halogenated alkanes) is 7. The first kappa shape index (κ1) is 14.0. The van der Waals surface area contributed by atoms with Crippen molar-refractivity contribution >= 4 is 0 Å². The summed E-state index contributed by atoms with van der Waals surface area (Å²) >= 11 is 0. The summed E-state index contributed by atoms with van der Waals surface area (Å²) in [7, 11) is 0. The minimum Gasteiger partial charge on any atom is -0.317 e. The molecule has 1 heteroatoms. The van der Waals surface area contributed by atoms with Gasteiger partial charge in [0.15, 0.2) is 0 Å². The topological polar surface area (TPSA) is 12.0 Å². The molecule has 0 aromatic carbocycles. The largest absolute Gasteiger partial charge is 0.317 e. The molecule has 1 aliphatic rings. The molecule has 1 radical (unpaired) electrons. The minimum absolute atomic E-state index is 0.918. The van der Waals surface area contributed by atoms with Crippen molar-refractivity contribution < 1.29 is 0 Å². The van der Waals surface area contributed by atoms with E-state index < -0.39 is 0 Å². The molecule has 1 N–H and O–H groups in total. The van der Waals surface area contributed by atoms with E-state index in [2.05, 4.69) is 18.7 Å². The summed E-state index contributed by atoms with van der Waals surface area (Å²) in [5.74, 6) is 0.918. The first-order chi connectivity index (χ1) is 7.93. The monoisotopic (exact) mass is 224 g/mol. The van der Waals surface area contributed by atoms with Crippen molar-refractivity contribution in [3.8, 4) is 0 Å². The standard InChI is InChI=1S/C15H30N/c1-2-3-4-5-6-7-8-9-10-15-11-13-16-14-12-15/h10,15-16H,2-9,11-14H2,1H3. The van der Waals surface area contributed by atoms with E-state index in [1.807, 2.05) is 0 Å². The van der Waals surface area contributed by atoms with Crippen LogP contribution in [0.2, 0.25) is 0 Å². The van der Waals surface area contributed by atoms with Crippen LogP contribution in [0, 0.1) is 12.3 Å². The number of nitrogens with one attached hydrogen (secondary N) is 1. The van der Waals surface area contributed by atoms with Crippen LogP contribution >= 0.6 is 0 Å². The maximum absolute atomic E-state index is 3.42. The highest BCUT2D eigenvalue weighted by Gasteiger charge is 2.11. The molecular weight excluding hydrogens is 194 g/mol. The Morgan fingerprint density at radius 2 is 1.56 bits per heavy atom. The maximum atomic E-state index is 3.42. The van der Waals surface area contributed by atoms with E-state index in [-0.39, 0.29) is 0 Å². The summed E-state index contributed by atoms with van der Waals surface area (Å²) in [4.78, 5) is 0. The van der Waals surface area contributed by atoms with Crippen LogP contribution in [0.4, 0.5) is 0 Å². The molecule has 1 aliphatic heterocycles. The molecule has 1 saturated heterocycles. The van der Waals surface area contributed by atoms with Gasteiger partial charge in [-0.1, -0.05) is 51.9 Å². The molecule has 1 nitrogen and oxygen atoms in total. The molecule has 0 aromatic rings. The second-order valence-electron chi connectivity index (χ2n) is 5.23. The van der Waals surface area contributed by atoms with Crippen molar-refractivity contribution in [2.75, 3.05) is 13.1 Å². The third-order valence-corrected chi connectivity index (χ3v) is 3.69. The van der Waals surface area contributed by atoms with Crippen molar-refractivity contribution in [3.05, 3.63) is 6.42 Å². The van der Waals surface area contributed by atoms with Crippen molar-refractivity contribution in [2.45, 2.75) is 71.1 Å². The van der Waals surface area contributed by atoms with Crippen LogP contribution in [0.25, 0.3) is 0 Å². The van der Waals surface area contributed by atoms with Gasteiger partial charge in [-0.05, 0) is 44.7 Å². The van der Waals surface area contributed by atoms with Gasteiger partial charge < -0.3 is 5.32 Å². The molecule has 0 aliphatic carbocycles. The fourth-order valence-corrected chi connectivity index (χ4v) is 2.53. The Morgan fingerprint density at radius 1 is 0.938 bits per heavy atom. The number of rotatable bonds is 9. The highest BCUT2D eigenvalue weighted by Crippen LogP contribution is 2.19. The zero-order valence-corrected chi connectivity index (χ0v) is 11.1. The second-order valence-corrected chi connectivity index (χ2v) is 5.23. The van der Waals surface area contributed by atoms with Gasteiger partial charge in [0.05, 0.1) is 0 Å². The predicted molar refractivity (Wildman–Crippen MR) is 72.5 cm³/mol. The number of hydrogen-bond acceptors (Lipinski definition) is 1. The quantitative estimate of drug-likeness (QED) is 0.575. The zero-order valence-electron chi connectivity index (χ0n) is 11.1. The first-order valence-electron chi connectivity index (χ1n) is 7.47. The van der Waals surface area contributed by atoms with Gasteiger partial charge in [-0.15, -0.1) is 0 Å². The van der Waals surface area contributed by atoms with E-state index in [1.165, 1.54) is 77.3 Å². The molecule has 95 valence electrons. The lowest BCUT2D eigenvalue weighted by atomic mass is 9.92. The molecule has 0 atom stereocenters. The smallest absolute Gasteiger partial charge is 0.00462 e. The second kappa shape index (κ2) is 10.1. The van der Waals surface area contributed by atoms with Gasteiger partial charge >= 0.3 is 0 Å². The van der Waals surface area contributed by atoms with Gasteiger partial charge in [-0.2, -0.15) is 0 Å². The lowest BCUT2D eigenvalue weighted by Crippen LogP contribution is -2.27. The van der Waals surface area contributed by atoms with Crippen molar-refractivity contribution in [1.82, 2.24) is 5.32 Å². The summed E-state index contributed by atoms with van der Waals surface area (Å²) in [5, 5.41) is 3.42. The molecule has 0 amide bonds. The van der Waals surface area contributed by atoms with Gasteiger partial charge in [0.2, 0.25) is 0 Å². The fraction of sp³-hybridized carbons (Fsp3) is 0.933. The van der Waals surface area contributed by atoms with E-state index in [9.17, 15) is 0 Å². The van der Waals surface area contributed by atoms with Crippen molar-refractivity contribution in [3.63, 3.8) is 0 Å². The van der Waals surface area contributed by atoms with Crippen LogP contribution in [0.1, 0.15) is 71.1 Å². The average Bonchev–Trinajstić information content (AvgIpc) is 2.34. The predicted octanol–water partition coefficient (Wildman–Crippen LogP) is 4.33. The van der Waals surface area contributed by atoms with Crippen LogP contribution < -0.4 is 5.32 Å². The van der Waals surface area contributed by atoms with Gasteiger partial charge in [0.1, 0.15) is 0 Å². The molecule has 16 heavy (non-hydrogen) atoms. The van der Waals surface area contributed by atoms with Crippen LogP contribution in [0.15, 0.2) is 0 Å². The summed E-state index contributed by atoms with van der Waals surface area (Å²) in [6, 6.07) is 0. The molecule has 0 saturated carbocycles.